The summed E-state index contributed by atoms with van der Waals surface area (Å²) in [5, 5.41) is 6.15. The standard InChI is InChI=1S/C13H14N2O2/c1-2-7-17-12-6-4-3-5-11(12)10-8-13(16)15-14-9-10/h3-6,8-9H,2,7H2,1H3,(H,15,16). The molecule has 0 aliphatic carbocycles. The molecule has 0 aliphatic rings. The molecule has 0 saturated carbocycles. The molecule has 1 aromatic heterocycles. The maximum atomic E-state index is 11.2. The van der Waals surface area contributed by atoms with Crippen LogP contribution in [0, 0.1) is 0 Å². The molecule has 2 rings (SSSR count). The van der Waals surface area contributed by atoms with Crippen LogP contribution in [0.2, 0.25) is 0 Å². The highest BCUT2D eigenvalue weighted by atomic mass is 16.5. The topological polar surface area (TPSA) is 55.0 Å². The van der Waals surface area contributed by atoms with E-state index in [0.29, 0.717) is 6.61 Å². The Kier molecular flexibility index (Phi) is 3.55. The van der Waals surface area contributed by atoms with Gasteiger partial charge < -0.3 is 4.74 Å². The van der Waals surface area contributed by atoms with Crippen molar-refractivity contribution in [2.24, 2.45) is 0 Å². The molecule has 0 bridgehead atoms. The molecule has 0 saturated heterocycles. The quantitative estimate of drug-likeness (QED) is 0.876. The lowest BCUT2D eigenvalue weighted by Gasteiger charge is -2.09. The van der Waals surface area contributed by atoms with Crippen LogP contribution in [0.25, 0.3) is 11.1 Å². The van der Waals surface area contributed by atoms with Gasteiger partial charge in [-0.05, 0) is 12.5 Å². The van der Waals surface area contributed by atoms with Gasteiger partial charge in [0.15, 0.2) is 0 Å². The Labute approximate surface area is 99.3 Å². The number of aromatic nitrogens is 2. The van der Waals surface area contributed by atoms with Crippen molar-refractivity contribution in [2.45, 2.75) is 13.3 Å². The molecule has 1 aromatic carbocycles. The molecule has 1 N–H and O–H groups in total. The van der Waals surface area contributed by atoms with Gasteiger partial charge in [0.2, 0.25) is 0 Å². The van der Waals surface area contributed by atoms with E-state index in [-0.39, 0.29) is 5.56 Å². The number of para-hydroxylation sites is 1. The van der Waals surface area contributed by atoms with Gasteiger partial charge in [-0.25, -0.2) is 5.10 Å². The van der Waals surface area contributed by atoms with E-state index >= 15 is 0 Å². The van der Waals surface area contributed by atoms with Crippen molar-refractivity contribution in [3.63, 3.8) is 0 Å². The van der Waals surface area contributed by atoms with E-state index < -0.39 is 0 Å². The van der Waals surface area contributed by atoms with Crippen LogP contribution in [0.5, 0.6) is 5.75 Å². The van der Waals surface area contributed by atoms with Crippen molar-refractivity contribution in [1.29, 1.82) is 0 Å². The number of rotatable bonds is 4. The smallest absolute Gasteiger partial charge is 0.264 e. The summed E-state index contributed by atoms with van der Waals surface area (Å²) in [5.41, 5.74) is 1.44. The van der Waals surface area contributed by atoms with Gasteiger partial charge in [-0.15, -0.1) is 0 Å². The highest BCUT2D eigenvalue weighted by Crippen LogP contribution is 2.28. The van der Waals surface area contributed by atoms with Crippen molar-refractivity contribution in [2.75, 3.05) is 6.61 Å². The summed E-state index contributed by atoms with van der Waals surface area (Å²) in [6.45, 7) is 2.71. The van der Waals surface area contributed by atoms with Crippen LogP contribution < -0.4 is 10.3 Å². The molecular formula is C13H14N2O2. The van der Waals surface area contributed by atoms with E-state index in [1.807, 2.05) is 24.3 Å². The first kappa shape index (κ1) is 11.4. The van der Waals surface area contributed by atoms with Gasteiger partial charge in [0.05, 0.1) is 12.8 Å². The zero-order valence-electron chi connectivity index (χ0n) is 9.64. The summed E-state index contributed by atoms with van der Waals surface area (Å²) < 4.78 is 5.64. The maximum absolute atomic E-state index is 11.2. The third kappa shape index (κ3) is 2.72. The fourth-order valence-corrected chi connectivity index (χ4v) is 1.57. The lowest BCUT2D eigenvalue weighted by Crippen LogP contribution is -2.06. The molecule has 1 heterocycles. The van der Waals surface area contributed by atoms with Crippen LogP contribution in [-0.2, 0) is 0 Å². The molecule has 0 amide bonds. The number of nitrogens with zero attached hydrogens (tertiary/aromatic N) is 1. The van der Waals surface area contributed by atoms with E-state index in [4.69, 9.17) is 4.74 Å². The van der Waals surface area contributed by atoms with Crippen LogP contribution in [0.1, 0.15) is 13.3 Å². The Balaban J connectivity index is 2.40. The summed E-state index contributed by atoms with van der Waals surface area (Å²) in [6.07, 6.45) is 2.57. The zero-order valence-corrected chi connectivity index (χ0v) is 9.64. The minimum atomic E-state index is -0.215. The Hall–Kier alpha value is -2.10. The van der Waals surface area contributed by atoms with Crippen molar-refractivity contribution in [3.05, 3.63) is 46.9 Å². The molecule has 0 unspecified atom stereocenters. The third-order valence-electron chi connectivity index (χ3n) is 2.32. The van der Waals surface area contributed by atoms with Gasteiger partial charge >= 0.3 is 0 Å². The van der Waals surface area contributed by atoms with E-state index in [1.165, 1.54) is 6.07 Å². The number of hydrogen-bond acceptors (Lipinski definition) is 3. The second kappa shape index (κ2) is 5.30. The van der Waals surface area contributed by atoms with E-state index in [2.05, 4.69) is 17.1 Å². The second-order valence-electron chi connectivity index (χ2n) is 3.68. The maximum Gasteiger partial charge on any atom is 0.264 e. The number of nitrogens with one attached hydrogen (secondary N) is 1. The predicted octanol–water partition coefficient (Wildman–Crippen LogP) is 2.23. The molecule has 0 atom stereocenters. The Morgan fingerprint density at radius 2 is 2.18 bits per heavy atom. The normalized spacial score (nSPS) is 10.2. The summed E-state index contributed by atoms with van der Waals surface area (Å²) in [4.78, 5) is 11.2. The van der Waals surface area contributed by atoms with Crippen LogP contribution in [0.15, 0.2) is 41.3 Å². The number of benzene rings is 1. The number of ether oxygens (including phenoxy) is 1. The van der Waals surface area contributed by atoms with Crippen molar-refractivity contribution >= 4 is 0 Å². The largest absolute Gasteiger partial charge is 0.493 e. The number of H-pyrrole nitrogens is 1. The van der Waals surface area contributed by atoms with Gasteiger partial charge in [-0.1, -0.05) is 25.1 Å². The number of hydrogen-bond donors (Lipinski definition) is 1. The van der Waals surface area contributed by atoms with Gasteiger partial charge in [-0.2, -0.15) is 5.10 Å². The van der Waals surface area contributed by atoms with Gasteiger partial charge in [0.25, 0.3) is 5.56 Å². The van der Waals surface area contributed by atoms with Gasteiger partial charge in [-0.3, -0.25) is 4.79 Å². The van der Waals surface area contributed by atoms with E-state index in [0.717, 1.165) is 23.3 Å². The summed E-state index contributed by atoms with van der Waals surface area (Å²) in [6, 6.07) is 9.15. The van der Waals surface area contributed by atoms with Crippen molar-refractivity contribution < 1.29 is 4.74 Å². The van der Waals surface area contributed by atoms with Crippen LogP contribution in [0.3, 0.4) is 0 Å². The molecule has 4 nitrogen and oxygen atoms in total. The summed E-state index contributed by atoms with van der Waals surface area (Å²) >= 11 is 0. The third-order valence-corrected chi connectivity index (χ3v) is 2.32. The van der Waals surface area contributed by atoms with Crippen LogP contribution >= 0.6 is 0 Å². The number of aromatic amines is 1. The zero-order chi connectivity index (χ0) is 12.1. The highest BCUT2D eigenvalue weighted by Gasteiger charge is 2.06. The molecule has 0 aliphatic heterocycles. The molecule has 2 aromatic rings. The van der Waals surface area contributed by atoms with Gasteiger partial charge in [0.1, 0.15) is 5.75 Å². The lowest BCUT2D eigenvalue weighted by molar-refractivity contribution is 0.318. The second-order valence-corrected chi connectivity index (χ2v) is 3.68. The lowest BCUT2D eigenvalue weighted by atomic mass is 10.1. The minimum Gasteiger partial charge on any atom is -0.493 e. The minimum absolute atomic E-state index is 0.215. The molecule has 0 radical (unpaired) electrons. The first-order chi connectivity index (χ1) is 8.31. The molecule has 0 fully saturated rings. The first-order valence-electron chi connectivity index (χ1n) is 5.58. The molecule has 4 heteroatoms. The highest BCUT2D eigenvalue weighted by molar-refractivity contribution is 5.69. The van der Waals surface area contributed by atoms with E-state index in [1.54, 1.807) is 6.20 Å². The average Bonchev–Trinajstić information content (AvgIpc) is 2.37. The fourth-order valence-electron chi connectivity index (χ4n) is 1.57. The summed E-state index contributed by atoms with van der Waals surface area (Å²) in [5.74, 6) is 0.779. The molecule has 88 valence electrons. The Morgan fingerprint density at radius 3 is 2.94 bits per heavy atom. The average molecular weight is 230 g/mol. The molecular weight excluding hydrogens is 216 g/mol. The van der Waals surface area contributed by atoms with Crippen molar-refractivity contribution in [3.8, 4) is 16.9 Å². The Morgan fingerprint density at radius 1 is 1.35 bits per heavy atom. The van der Waals surface area contributed by atoms with Gasteiger partial charge in [0, 0.05) is 17.2 Å². The summed E-state index contributed by atoms with van der Waals surface area (Å²) in [7, 11) is 0. The SMILES string of the molecule is CCCOc1ccccc1-c1cn[nH]c(=O)c1. The first-order valence-corrected chi connectivity index (χ1v) is 5.58. The fraction of sp³-hybridized carbons (Fsp3) is 0.231. The molecule has 0 spiro atoms. The predicted molar refractivity (Wildman–Crippen MR) is 66.1 cm³/mol. The monoisotopic (exact) mass is 230 g/mol. The Bertz CT molecular complexity index is 549. The van der Waals surface area contributed by atoms with Crippen LogP contribution in [-0.4, -0.2) is 16.8 Å². The van der Waals surface area contributed by atoms with Crippen LogP contribution in [0.4, 0.5) is 0 Å². The van der Waals surface area contributed by atoms with E-state index in [9.17, 15) is 4.79 Å². The molecule has 17 heavy (non-hydrogen) atoms. The van der Waals surface area contributed by atoms with Crippen molar-refractivity contribution in [1.82, 2.24) is 10.2 Å².